The molecule has 0 aromatic carbocycles. The zero-order valence-electron chi connectivity index (χ0n) is 7.63. The lowest BCUT2D eigenvalue weighted by Gasteiger charge is -2.11. The lowest BCUT2D eigenvalue weighted by molar-refractivity contribution is 0.777. The molecule has 2 aromatic heterocycles. The molecular formula is C11H10N2S. The second-order valence-corrected chi connectivity index (χ2v) is 4.43. The molecule has 3 heterocycles. The Morgan fingerprint density at radius 3 is 3.21 bits per heavy atom. The van der Waals surface area contributed by atoms with Gasteiger partial charge in [-0.05, 0) is 18.2 Å². The largest absolute Gasteiger partial charge is 0.334 e. The fourth-order valence-corrected chi connectivity index (χ4v) is 3.08. The summed E-state index contributed by atoms with van der Waals surface area (Å²) in [6.45, 7) is 0. The van der Waals surface area contributed by atoms with Crippen molar-refractivity contribution in [2.75, 3.05) is 0 Å². The molecule has 1 unspecified atom stereocenters. The quantitative estimate of drug-likeness (QED) is 0.707. The maximum Gasteiger partial charge on any atom is 0.106 e. The standard InChI is InChI=1S/C11H10N2S/c1-3-9(7-12-5-1)11-13-6-2-4-10(13)8-14-11/h1-7,11H,8H2. The highest BCUT2D eigenvalue weighted by atomic mass is 32.2. The van der Waals surface area contributed by atoms with Crippen molar-refractivity contribution in [1.82, 2.24) is 9.55 Å². The number of fused-ring (bicyclic) bond motifs is 1. The summed E-state index contributed by atoms with van der Waals surface area (Å²) in [5, 5.41) is 0.425. The average Bonchev–Trinajstić information content (AvgIpc) is 2.79. The summed E-state index contributed by atoms with van der Waals surface area (Å²) in [5.41, 5.74) is 2.69. The lowest BCUT2D eigenvalue weighted by atomic mass is 10.3. The van der Waals surface area contributed by atoms with E-state index >= 15 is 0 Å². The Balaban J connectivity index is 2.03. The minimum absolute atomic E-state index is 0.425. The molecule has 0 spiro atoms. The van der Waals surface area contributed by atoms with Crippen molar-refractivity contribution in [2.45, 2.75) is 11.1 Å². The highest BCUT2D eigenvalue weighted by Gasteiger charge is 2.22. The predicted molar refractivity (Wildman–Crippen MR) is 58.1 cm³/mol. The van der Waals surface area contributed by atoms with E-state index in [1.54, 1.807) is 0 Å². The highest BCUT2D eigenvalue weighted by molar-refractivity contribution is 7.99. The maximum absolute atomic E-state index is 4.16. The van der Waals surface area contributed by atoms with Crippen LogP contribution in [0.5, 0.6) is 0 Å². The minimum Gasteiger partial charge on any atom is -0.334 e. The number of thioether (sulfide) groups is 1. The van der Waals surface area contributed by atoms with Crippen LogP contribution in [-0.4, -0.2) is 9.55 Å². The van der Waals surface area contributed by atoms with Crippen LogP contribution in [-0.2, 0) is 5.75 Å². The van der Waals surface area contributed by atoms with Gasteiger partial charge in [0.05, 0.1) is 0 Å². The normalized spacial score (nSPS) is 19.6. The number of rotatable bonds is 1. The number of nitrogens with zero attached hydrogens (tertiary/aromatic N) is 2. The van der Waals surface area contributed by atoms with Gasteiger partial charge < -0.3 is 4.57 Å². The van der Waals surface area contributed by atoms with E-state index in [9.17, 15) is 0 Å². The van der Waals surface area contributed by atoms with E-state index in [4.69, 9.17) is 0 Å². The van der Waals surface area contributed by atoms with Crippen LogP contribution in [0.25, 0.3) is 0 Å². The van der Waals surface area contributed by atoms with Crippen molar-refractivity contribution < 1.29 is 0 Å². The summed E-state index contributed by atoms with van der Waals surface area (Å²) in [6, 6.07) is 8.43. The molecule has 0 bridgehead atoms. The molecule has 3 heteroatoms. The number of hydrogen-bond acceptors (Lipinski definition) is 2. The first-order valence-electron chi connectivity index (χ1n) is 4.62. The van der Waals surface area contributed by atoms with Gasteiger partial charge in [-0.2, -0.15) is 0 Å². The molecule has 0 N–H and O–H groups in total. The molecule has 0 saturated heterocycles. The van der Waals surface area contributed by atoms with Gasteiger partial charge >= 0.3 is 0 Å². The molecule has 1 aliphatic rings. The second-order valence-electron chi connectivity index (χ2n) is 3.36. The first-order chi connectivity index (χ1) is 6.95. The Morgan fingerprint density at radius 2 is 2.36 bits per heavy atom. The molecule has 0 saturated carbocycles. The third-order valence-electron chi connectivity index (χ3n) is 2.48. The molecule has 0 radical (unpaired) electrons. The zero-order chi connectivity index (χ0) is 9.38. The molecule has 1 aliphatic heterocycles. The number of hydrogen-bond donors (Lipinski definition) is 0. The van der Waals surface area contributed by atoms with Crippen LogP contribution in [0.15, 0.2) is 42.9 Å². The summed E-state index contributed by atoms with van der Waals surface area (Å²) in [5.74, 6) is 1.10. The van der Waals surface area contributed by atoms with Crippen LogP contribution in [0, 0.1) is 0 Å². The monoisotopic (exact) mass is 202 g/mol. The summed E-state index contributed by atoms with van der Waals surface area (Å²) in [4.78, 5) is 4.16. The highest BCUT2D eigenvalue weighted by Crippen LogP contribution is 2.39. The van der Waals surface area contributed by atoms with Crippen molar-refractivity contribution in [2.24, 2.45) is 0 Å². The van der Waals surface area contributed by atoms with E-state index in [0.717, 1.165) is 5.75 Å². The first kappa shape index (κ1) is 8.12. The third kappa shape index (κ3) is 1.16. The lowest BCUT2D eigenvalue weighted by Crippen LogP contribution is -2.01. The molecule has 2 aromatic rings. The van der Waals surface area contributed by atoms with Gasteiger partial charge in [-0.25, -0.2) is 0 Å². The Labute approximate surface area is 87.0 Å². The van der Waals surface area contributed by atoms with E-state index in [2.05, 4.69) is 33.9 Å². The van der Waals surface area contributed by atoms with Crippen molar-refractivity contribution in [3.8, 4) is 0 Å². The zero-order valence-corrected chi connectivity index (χ0v) is 8.45. The minimum atomic E-state index is 0.425. The molecule has 14 heavy (non-hydrogen) atoms. The summed E-state index contributed by atoms with van der Waals surface area (Å²) in [7, 11) is 0. The topological polar surface area (TPSA) is 17.8 Å². The molecular weight excluding hydrogens is 192 g/mol. The van der Waals surface area contributed by atoms with Crippen LogP contribution >= 0.6 is 11.8 Å². The van der Waals surface area contributed by atoms with Gasteiger partial charge in [0.25, 0.3) is 0 Å². The van der Waals surface area contributed by atoms with E-state index < -0.39 is 0 Å². The van der Waals surface area contributed by atoms with Crippen LogP contribution in [0.4, 0.5) is 0 Å². The predicted octanol–water partition coefficient (Wildman–Crippen LogP) is 2.68. The van der Waals surface area contributed by atoms with Crippen LogP contribution in [0.1, 0.15) is 16.6 Å². The Hall–Kier alpha value is -1.22. The summed E-state index contributed by atoms with van der Waals surface area (Å²) < 4.78 is 2.32. The van der Waals surface area contributed by atoms with Gasteiger partial charge in [-0.1, -0.05) is 6.07 Å². The fourth-order valence-electron chi connectivity index (χ4n) is 1.80. The van der Waals surface area contributed by atoms with Gasteiger partial charge in [0.15, 0.2) is 0 Å². The molecule has 0 fully saturated rings. The molecule has 0 aliphatic carbocycles. The van der Waals surface area contributed by atoms with E-state index in [0.29, 0.717) is 5.37 Å². The van der Waals surface area contributed by atoms with Crippen LogP contribution in [0.2, 0.25) is 0 Å². The number of aromatic nitrogens is 2. The van der Waals surface area contributed by atoms with E-state index in [1.165, 1.54) is 11.3 Å². The smallest absolute Gasteiger partial charge is 0.106 e. The van der Waals surface area contributed by atoms with Gasteiger partial charge in [-0.15, -0.1) is 11.8 Å². The van der Waals surface area contributed by atoms with Gasteiger partial charge in [-0.3, -0.25) is 4.98 Å². The van der Waals surface area contributed by atoms with Crippen molar-refractivity contribution >= 4 is 11.8 Å². The Morgan fingerprint density at radius 1 is 1.36 bits per heavy atom. The second kappa shape index (κ2) is 3.17. The summed E-state index contributed by atoms with van der Waals surface area (Å²) in [6.07, 6.45) is 5.92. The Bertz CT molecular complexity index is 436. The molecule has 0 amide bonds. The van der Waals surface area contributed by atoms with Crippen LogP contribution in [0.3, 0.4) is 0 Å². The van der Waals surface area contributed by atoms with Gasteiger partial charge in [0.1, 0.15) is 5.37 Å². The van der Waals surface area contributed by atoms with Crippen molar-refractivity contribution in [1.29, 1.82) is 0 Å². The fraction of sp³-hybridized carbons (Fsp3) is 0.182. The van der Waals surface area contributed by atoms with E-state index in [1.807, 2.05) is 30.2 Å². The SMILES string of the molecule is c1cncc(C2SCc3cccn32)c1. The molecule has 70 valence electrons. The molecule has 1 atom stereocenters. The number of pyridine rings is 1. The van der Waals surface area contributed by atoms with Crippen molar-refractivity contribution in [3.05, 3.63) is 54.1 Å². The third-order valence-corrected chi connectivity index (χ3v) is 3.76. The maximum atomic E-state index is 4.16. The first-order valence-corrected chi connectivity index (χ1v) is 5.67. The molecule has 3 rings (SSSR count). The Kier molecular flexibility index (Phi) is 1.84. The van der Waals surface area contributed by atoms with Crippen molar-refractivity contribution in [3.63, 3.8) is 0 Å². The summed E-state index contributed by atoms with van der Waals surface area (Å²) >= 11 is 1.95. The molecule has 2 nitrogen and oxygen atoms in total. The average molecular weight is 202 g/mol. The van der Waals surface area contributed by atoms with Gasteiger partial charge in [0.2, 0.25) is 0 Å². The van der Waals surface area contributed by atoms with Crippen LogP contribution < -0.4 is 0 Å². The van der Waals surface area contributed by atoms with Gasteiger partial charge in [0, 0.05) is 35.6 Å². The van der Waals surface area contributed by atoms with E-state index in [-0.39, 0.29) is 0 Å².